The van der Waals surface area contributed by atoms with E-state index in [2.05, 4.69) is 15.3 Å². The molecule has 1 amide bonds. The highest BCUT2D eigenvalue weighted by atomic mass is 32.2. The Bertz CT molecular complexity index is 641. The number of amides is 1. The van der Waals surface area contributed by atoms with E-state index in [0.717, 1.165) is 11.3 Å². The smallest absolute Gasteiger partial charge is 0.275 e. The summed E-state index contributed by atoms with van der Waals surface area (Å²) in [5, 5.41) is 2.75. The van der Waals surface area contributed by atoms with Crippen LogP contribution in [0.1, 0.15) is 21.7 Å². The quantitative estimate of drug-likeness (QED) is 0.933. The number of carbonyl (C=O) groups excluding carboxylic acids is 1. The van der Waals surface area contributed by atoms with E-state index in [9.17, 15) is 9.00 Å². The number of anilines is 1. The molecule has 0 saturated carbocycles. The van der Waals surface area contributed by atoms with Gasteiger partial charge in [0.15, 0.2) is 0 Å². The molecule has 5 nitrogen and oxygen atoms in total. The van der Waals surface area contributed by atoms with Crippen LogP contribution in [0.5, 0.6) is 0 Å². The monoisotopic (exact) mass is 289 g/mol. The van der Waals surface area contributed by atoms with Crippen molar-refractivity contribution in [3.63, 3.8) is 0 Å². The average molecular weight is 289 g/mol. The number of nitrogens with zero attached hydrogens (tertiary/aromatic N) is 2. The molecule has 0 saturated heterocycles. The van der Waals surface area contributed by atoms with Gasteiger partial charge in [-0.05, 0) is 24.6 Å². The lowest BCUT2D eigenvalue weighted by atomic mass is 10.2. The molecule has 0 unspecified atom stereocenters. The van der Waals surface area contributed by atoms with Crippen molar-refractivity contribution in [2.45, 2.75) is 12.7 Å². The number of rotatable bonds is 4. The van der Waals surface area contributed by atoms with Crippen LogP contribution >= 0.6 is 0 Å². The third-order valence-corrected chi connectivity index (χ3v) is 3.31. The van der Waals surface area contributed by atoms with Gasteiger partial charge in [0.25, 0.3) is 5.91 Å². The Kier molecular flexibility index (Phi) is 4.57. The van der Waals surface area contributed by atoms with Crippen molar-refractivity contribution >= 4 is 22.4 Å². The summed E-state index contributed by atoms with van der Waals surface area (Å²) < 4.78 is 11.2. The van der Waals surface area contributed by atoms with Crippen LogP contribution in [0, 0.1) is 6.92 Å². The van der Waals surface area contributed by atoms with Gasteiger partial charge in [0.05, 0.1) is 11.9 Å². The van der Waals surface area contributed by atoms with Crippen LogP contribution in [0.25, 0.3) is 0 Å². The van der Waals surface area contributed by atoms with Crippen molar-refractivity contribution in [3.05, 3.63) is 53.6 Å². The topological polar surface area (TPSA) is 72.0 Å². The lowest BCUT2D eigenvalue weighted by Crippen LogP contribution is -2.14. The van der Waals surface area contributed by atoms with E-state index < -0.39 is 10.8 Å². The van der Waals surface area contributed by atoms with E-state index in [1.807, 2.05) is 19.1 Å². The van der Waals surface area contributed by atoms with E-state index in [4.69, 9.17) is 0 Å². The first kappa shape index (κ1) is 14.3. The second kappa shape index (κ2) is 6.38. The zero-order chi connectivity index (χ0) is 14.5. The van der Waals surface area contributed by atoms with Gasteiger partial charge in [-0.1, -0.05) is 12.1 Å². The Labute approximate surface area is 119 Å². The van der Waals surface area contributed by atoms with Crippen LogP contribution in [0.15, 0.2) is 36.7 Å². The number of nitrogens with one attached hydrogen (secondary N) is 1. The van der Waals surface area contributed by atoms with Crippen molar-refractivity contribution in [2.75, 3.05) is 11.6 Å². The van der Waals surface area contributed by atoms with Crippen LogP contribution in [0.4, 0.5) is 5.69 Å². The molecule has 1 atom stereocenters. The third kappa shape index (κ3) is 3.96. The number of carbonyl (C=O) groups is 1. The molecule has 0 aliphatic heterocycles. The highest BCUT2D eigenvalue weighted by molar-refractivity contribution is 7.83. The molecule has 0 bridgehead atoms. The van der Waals surface area contributed by atoms with E-state index in [0.29, 0.717) is 11.4 Å². The molecule has 0 aliphatic rings. The lowest BCUT2D eigenvalue weighted by molar-refractivity contribution is 0.102. The summed E-state index contributed by atoms with van der Waals surface area (Å²) in [5.41, 5.74) is 2.59. The molecule has 20 heavy (non-hydrogen) atoms. The summed E-state index contributed by atoms with van der Waals surface area (Å²) in [6.45, 7) is 1.81. The van der Waals surface area contributed by atoms with Gasteiger partial charge in [0.2, 0.25) is 0 Å². The summed E-state index contributed by atoms with van der Waals surface area (Å²) in [5.74, 6) is 0.154. The summed E-state index contributed by atoms with van der Waals surface area (Å²) in [6, 6.07) is 7.28. The molecule has 1 heterocycles. The van der Waals surface area contributed by atoms with E-state index in [-0.39, 0.29) is 11.6 Å². The second-order valence-corrected chi connectivity index (χ2v) is 5.85. The van der Waals surface area contributed by atoms with Gasteiger partial charge < -0.3 is 5.32 Å². The molecular weight excluding hydrogens is 274 g/mol. The minimum Gasteiger partial charge on any atom is -0.321 e. The summed E-state index contributed by atoms with van der Waals surface area (Å²) in [4.78, 5) is 20.0. The Morgan fingerprint density at radius 1 is 1.30 bits per heavy atom. The molecule has 0 fully saturated rings. The van der Waals surface area contributed by atoms with Crippen molar-refractivity contribution in [1.82, 2.24) is 9.97 Å². The van der Waals surface area contributed by atoms with Crippen LogP contribution in [0.3, 0.4) is 0 Å². The van der Waals surface area contributed by atoms with Gasteiger partial charge in [-0.25, -0.2) is 4.98 Å². The van der Waals surface area contributed by atoms with Crippen molar-refractivity contribution in [2.24, 2.45) is 0 Å². The molecule has 0 aliphatic carbocycles. The maximum absolute atomic E-state index is 12.0. The van der Waals surface area contributed by atoms with Gasteiger partial charge in [-0.2, -0.15) is 0 Å². The maximum Gasteiger partial charge on any atom is 0.275 e. The Hall–Kier alpha value is -2.08. The van der Waals surface area contributed by atoms with Crippen molar-refractivity contribution in [1.29, 1.82) is 0 Å². The largest absolute Gasteiger partial charge is 0.321 e. The van der Waals surface area contributed by atoms with Crippen LogP contribution in [0.2, 0.25) is 0 Å². The molecule has 1 aromatic carbocycles. The van der Waals surface area contributed by atoms with Gasteiger partial charge in [0.1, 0.15) is 5.69 Å². The van der Waals surface area contributed by atoms with Gasteiger partial charge in [0, 0.05) is 34.7 Å². The first-order valence-corrected chi connectivity index (χ1v) is 7.76. The van der Waals surface area contributed by atoms with E-state index in [1.54, 1.807) is 24.6 Å². The predicted molar refractivity (Wildman–Crippen MR) is 78.9 cm³/mol. The van der Waals surface area contributed by atoms with Crippen LogP contribution < -0.4 is 5.32 Å². The number of aryl methyl sites for hydroxylation is 1. The Morgan fingerprint density at radius 3 is 2.75 bits per heavy atom. The SMILES string of the molecule is Cc1cnc(C(=O)Nc2cccc(C[S@@](C)=O)c2)cn1. The van der Waals surface area contributed by atoms with Crippen molar-refractivity contribution < 1.29 is 9.00 Å². The number of benzene rings is 1. The lowest BCUT2D eigenvalue weighted by Gasteiger charge is -2.06. The first-order chi connectivity index (χ1) is 9.54. The minimum absolute atomic E-state index is 0.264. The Morgan fingerprint density at radius 2 is 2.10 bits per heavy atom. The fraction of sp³-hybridized carbons (Fsp3) is 0.214. The van der Waals surface area contributed by atoms with Gasteiger partial charge >= 0.3 is 0 Å². The molecular formula is C14H15N3O2S. The number of hydrogen-bond donors (Lipinski definition) is 1. The normalized spacial score (nSPS) is 11.9. The van der Waals surface area contributed by atoms with Gasteiger partial charge in [-0.15, -0.1) is 0 Å². The fourth-order valence-corrected chi connectivity index (χ4v) is 2.33. The Balaban J connectivity index is 2.11. The molecule has 2 aromatic rings. The number of hydrogen-bond acceptors (Lipinski definition) is 4. The summed E-state index contributed by atoms with van der Waals surface area (Å²) >= 11 is 0. The molecule has 0 spiro atoms. The zero-order valence-corrected chi connectivity index (χ0v) is 12.1. The van der Waals surface area contributed by atoms with E-state index in [1.165, 1.54) is 6.20 Å². The third-order valence-electron chi connectivity index (χ3n) is 2.57. The molecule has 6 heteroatoms. The highest BCUT2D eigenvalue weighted by Gasteiger charge is 2.08. The van der Waals surface area contributed by atoms with Crippen molar-refractivity contribution in [3.8, 4) is 0 Å². The zero-order valence-electron chi connectivity index (χ0n) is 11.3. The highest BCUT2D eigenvalue weighted by Crippen LogP contribution is 2.13. The van der Waals surface area contributed by atoms with Crippen LogP contribution in [-0.2, 0) is 16.6 Å². The first-order valence-electron chi connectivity index (χ1n) is 6.03. The summed E-state index contributed by atoms with van der Waals surface area (Å²) in [6.07, 6.45) is 4.63. The van der Waals surface area contributed by atoms with E-state index >= 15 is 0 Å². The predicted octanol–water partition coefficient (Wildman–Crippen LogP) is 1.92. The summed E-state index contributed by atoms with van der Waals surface area (Å²) in [7, 11) is -0.911. The minimum atomic E-state index is -0.911. The van der Waals surface area contributed by atoms with Gasteiger partial charge in [-0.3, -0.25) is 14.0 Å². The maximum atomic E-state index is 12.0. The fourth-order valence-electron chi connectivity index (χ4n) is 1.68. The molecule has 104 valence electrons. The standard InChI is InChI=1S/C14H15N3O2S/c1-10-7-16-13(8-15-10)14(18)17-12-5-3-4-11(6-12)9-20(2)19/h3-8H,9H2,1-2H3,(H,17,18)/t20-/m1/s1. The number of aromatic nitrogens is 2. The average Bonchev–Trinajstić information content (AvgIpc) is 2.39. The second-order valence-electron chi connectivity index (χ2n) is 4.42. The molecule has 1 aromatic heterocycles. The molecule has 2 rings (SSSR count). The molecule has 1 N–H and O–H groups in total. The molecule has 0 radical (unpaired) electrons. The van der Waals surface area contributed by atoms with Crippen LogP contribution in [-0.4, -0.2) is 26.3 Å².